The first-order valence-electron chi connectivity index (χ1n) is 9.39. The van der Waals surface area contributed by atoms with Gasteiger partial charge in [0.15, 0.2) is 0 Å². The van der Waals surface area contributed by atoms with Crippen LogP contribution < -0.4 is 0 Å². The third-order valence-electron chi connectivity index (χ3n) is 6.36. The van der Waals surface area contributed by atoms with E-state index in [9.17, 15) is 4.79 Å². The molecule has 2 aromatic carbocycles. The summed E-state index contributed by atoms with van der Waals surface area (Å²) in [7, 11) is 1.77. The monoisotopic (exact) mass is 349 g/mol. The van der Waals surface area contributed by atoms with Crippen molar-refractivity contribution in [2.75, 3.05) is 26.8 Å². The predicted octanol–water partition coefficient (Wildman–Crippen LogP) is 4.49. The van der Waals surface area contributed by atoms with E-state index in [-0.39, 0.29) is 16.7 Å². The minimum Gasteiger partial charge on any atom is -0.384 e. The van der Waals surface area contributed by atoms with Gasteiger partial charge in [0.25, 0.3) is 5.91 Å². The van der Waals surface area contributed by atoms with E-state index in [1.807, 2.05) is 42.5 Å². The van der Waals surface area contributed by atoms with E-state index in [4.69, 9.17) is 4.74 Å². The van der Waals surface area contributed by atoms with Crippen LogP contribution in [0.1, 0.15) is 30.6 Å². The Balaban J connectivity index is 1.64. The number of ether oxygens (including phenoxy) is 1. The average molecular weight is 349 g/mol. The third kappa shape index (κ3) is 2.66. The molecule has 1 aliphatic heterocycles. The summed E-state index contributed by atoms with van der Waals surface area (Å²) in [5.74, 6) is 0.660. The van der Waals surface area contributed by atoms with Crippen molar-refractivity contribution in [2.24, 2.45) is 16.7 Å². The van der Waals surface area contributed by atoms with Crippen LogP contribution in [0.15, 0.2) is 54.6 Å². The minimum absolute atomic E-state index is 0.135. The quantitative estimate of drug-likeness (QED) is 0.814. The first kappa shape index (κ1) is 17.3. The predicted molar refractivity (Wildman–Crippen MR) is 104 cm³/mol. The second-order valence-corrected chi connectivity index (χ2v) is 8.61. The fraction of sp³-hybridized carbons (Fsp3) is 0.435. The lowest BCUT2D eigenvalue weighted by molar-refractivity contribution is -0.107. The number of likely N-dealkylation sites (tertiary alicyclic amines) is 1. The number of amides is 1. The normalized spacial score (nSPS) is 26.3. The van der Waals surface area contributed by atoms with Crippen molar-refractivity contribution in [3.8, 4) is 11.1 Å². The second kappa shape index (κ2) is 6.24. The van der Waals surface area contributed by atoms with E-state index in [1.54, 1.807) is 7.11 Å². The zero-order valence-corrected chi connectivity index (χ0v) is 15.9. The summed E-state index contributed by atoms with van der Waals surface area (Å²) in [6.45, 7) is 7.01. The lowest BCUT2D eigenvalue weighted by Crippen LogP contribution is -2.55. The third-order valence-corrected chi connectivity index (χ3v) is 6.36. The summed E-state index contributed by atoms with van der Waals surface area (Å²) in [6.07, 6.45) is 1.13. The van der Waals surface area contributed by atoms with Gasteiger partial charge in [-0.15, -0.1) is 0 Å². The van der Waals surface area contributed by atoms with E-state index in [1.165, 1.54) is 0 Å². The van der Waals surface area contributed by atoms with Gasteiger partial charge in [-0.05, 0) is 34.9 Å². The molecule has 0 aromatic heterocycles. The van der Waals surface area contributed by atoms with Crippen molar-refractivity contribution in [2.45, 2.75) is 20.3 Å². The molecule has 1 saturated carbocycles. The van der Waals surface area contributed by atoms with E-state index < -0.39 is 0 Å². The molecule has 0 radical (unpaired) electrons. The Morgan fingerprint density at radius 1 is 1.12 bits per heavy atom. The van der Waals surface area contributed by atoms with Crippen molar-refractivity contribution < 1.29 is 9.53 Å². The highest BCUT2D eigenvalue weighted by Crippen LogP contribution is 2.62. The highest BCUT2D eigenvalue weighted by molar-refractivity contribution is 6.01. The summed E-state index contributed by atoms with van der Waals surface area (Å²) in [5, 5.41) is 0. The first-order chi connectivity index (χ1) is 12.5. The molecule has 1 heterocycles. The van der Waals surface area contributed by atoms with Crippen LogP contribution in [0.2, 0.25) is 0 Å². The number of fused-ring (bicyclic) bond motifs is 1. The van der Waals surface area contributed by atoms with Gasteiger partial charge in [-0.25, -0.2) is 0 Å². The molecule has 1 aliphatic carbocycles. The SMILES string of the molecule is COC[C@@]12CN(C(=O)c3ccccc3-c3ccccc3)C[C@@H]1C(C)(C)C2. The van der Waals surface area contributed by atoms with Crippen LogP contribution in [0, 0.1) is 16.7 Å². The molecule has 2 atom stereocenters. The maximum atomic E-state index is 13.4. The smallest absolute Gasteiger partial charge is 0.254 e. The summed E-state index contributed by atoms with van der Waals surface area (Å²) in [6, 6.07) is 18.1. The molecule has 0 spiro atoms. The molecule has 4 rings (SSSR count). The molecule has 3 heteroatoms. The van der Waals surface area contributed by atoms with E-state index in [2.05, 4.69) is 30.9 Å². The molecule has 2 aliphatic rings. The summed E-state index contributed by atoms with van der Waals surface area (Å²) in [5.41, 5.74) is 3.32. The van der Waals surface area contributed by atoms with Crippen molar-refractivity contribution >= 4 is 5.91 Å². The van der Waals surface area contributed by atoms with Gasteiger partial charge in [0.1, 0.15) is 0 Å². The van der Waals surface area contributed by atoms with Crippen molar-refractivity contribution in [1.29, 1.82) is 0 Å². The number of benzene rings is 2. The van der Waals surface area contributed by atoms with Crippen molar-refractivity contribution in [3.63, 3.8) is 0 Å². The zero-order valence-electron chi connectivity index (χ0n) is 15.9. The fourth-order valence-corrected chi connectivity index (χ4v) is 5.47. The van der Waals surface area contributed by atoms with E-state index in [0.29, 0.717) is 5.92 Å². The Hall–Kier alpha value is -2.13. The summed E-state index contributed by atoms with van der Waals surface area (Å²) < 4.78 is 5.53. The Bertz CT molecular complexity index is 814. The van der Waals surface area contributed by atoms with Crippen LogP contribution in [-0.2, 0) is 4.74 Å². The number of hydrogen-bond acceptors (Lipinski definition) is 2. The zero-order chi connectivity index (χ0) is 18.4. The minimum atomic E-state index is 0.135. The Kier molecular flexibility index (Phi) is 4.15. The maximum Gasteiger partial charge on any atom is 0.254 e. The Morgan fingerprint density at radius 2 is 1.81 bits per heavy atom. The van der Waals surface area contributed by atoms with Gasteiger partial charge in [-0.1, -0.05) is 62.4 Å². The maximum absolute atomic E-state index is 13.4. The first-order valence-corrected chi connectivity index (χ1v) is 9.39. The number of carbonyl (C=O) groups is 1. The van der Waals surface area contributed by atoms with Crippen molar-refractivity contribution in [3.05, 3.63) is 60.2 Å². The standard InChI is InChI=1S/C23H27NO2/c1-22(2)14-23(16-26-3)15-24(13-20(22)23)21(25)19-12-8-7-11-18(19)17-9-5-4-6-10-17/h4-12,20H,13-16H2,1-3H3/t20-,23-/m1/s1. The lowest BCUT2D eigenvalue weighted by Gasteiger charge is -2.56. The van der Waals surface area contributed by atoms with Gasteiger partial charge >= 0.3 is 0 Å². The molecule has 26 heavy (non-hydrogen) atoms. The Morgan fingerprint density at radius 3 is 2.50 bits per heavy atom. The van der Waals surface area contributed by atoms with Gasteiger partial charge < -0.3 is 9.64 Å². The van der Waals surface area contributed by atoms with Crippen LogP contribution in [0.5, 0.6) is 0 Å². The van der Waals surface area contributed by atoms with Crippen LogP contribution in [0.3, 0.4) is 0 Å². The number of rotatable bonds is 4. The van der Waals surface area contributed by atoms with Crippen LogP contribution in [0.4, 0.5) is 0 Å². The molecule has 2 fully saturated rings. The molecule has 0 unspecified atom stereocenters. The van der Waals surface area contributed by atoms with Gasteiger partial charge in [0, 0.05) is 31.2 Å². The molecular weight excluding hydrogens is 322 g/mol. The molecule has 1 amide bonds. The van der Waals surface area contributed by atoms with Gasteiger partial charge in [-0.2, -0.15) is 0 Å². The highest BCUT2D eigenvalue weighted by Gasteiger charge is 2.63. The largest absolute Gasteiger partial charge is 0.384 e. The molecule has 3 nitrogen and oxygen atoms in total. The molecule has 0 bridgehead atoms. The lowest BCUT2D eigenvalue weighted by atomic mass is 9.48. The van der Waals surface area contributed by atoms with Gasteiger partial charge in [0.2, 0.25) is 0 Å². The summed E-state index contributed by atoms with van der Waals surface area (Å²) >= 11 is 0. The van der Waals surface area contributed by atoms with E-state index >= 15 is 0 Å². The number of carbonyl (C=O) groups excluding carboxylic acids is 1. The fourth-order valence-electron chi connectivity index (χ4n) is 5.47. The highest BCUT2D eigenvalue weighted by atomic mass is 16.5. The van der Waals surface area contributed by atoms with Crippen LogP contribution in [0.25, 0.3) is 11.1 Å². The average Bonchev–Trinajstić information content (AvgIpc) is 2.97. The number of nitrogens with zero attached hydrogens (tertiary/aromatic N) is 1. The molecule has 136 valence electrons. The number of methoxy groups -OCH3 is 1. The molecular formula is C23H27NO2. The molecule has 1 saturated heterocycles. The van der Waals surface area contributed by atoms with Gasteiger partial charge in [-0.3, -0.25) is 4.79 Å². The van der Waals surface area contributed by atoms with Crippen molar-refractivity contribution in [1.82, 2.24) is 4.90 Å². The van der Waals surface area contributed by atoms with Gasteiger partial charge in [0.05, 0.1) is 6.61 Å². The second-order valence-electron chi connectivity index (χ2n) is 8.61. The van der Waals surface area contributed by atoms with E-state index in [0.717, 1.165) is 42.8 Å². The van der Waals surface area contributed by atoms with Crippen LogP contribution in [-0.4, -0.2) is 37.6 Å². The topological polar surface area (TPSA) is 29.5 Å². The molecule has 0 N–H and O–H groups in total. The molecule has 2 aromatic rings. The van der Waals surface area contributed by atoms with Crippen LogP contribution >= 0.6 is 0 Å². The number of hydrogen-bond donors (Lipinski definition) is 0. The Labute approximate surface area is 156 Å². The summed E-state index contributed by atoms with van der Waals surface area (Å²) in [4.78, 5) is 15.5.